The van der Waals surface area contributed by atoms with E-state index in [1.807, 2.05) is 5.38 Å². The zero-order valence-electron chi connectivity index (χ0n) is 7.37. The fraction of sp³-hybridized carbons (Fsp3) is 0.667. The predicted octanol–water partition coefficient (Wildman–Crippen LogP) is 2.25. The topological polar surface area (TPSA) is 33.1 Å². The van der Waals surface area contributed by atoms with Gasteiger partial charge >= 0.3 is 0 Å². The third-order valence-corrected chi connectivity index (χ3v) is 3.36. The summed E-state index contributed by atoms with van der Waals surface area (Å²) in [5, 5.41) is 12.9. The second-order valence-corrected chi connectivity index (χ2v) is 4.65. The molecule has 1 N–H and O–H groups in total. The molecule has 3 heteroatoms. The van der Waals surface area contributed by atoms with Crippen LogP contribution >= 0.6 is 11.3 Å². The summed E-state index contributed by atoms with van der Waals surface area (Å²) in [6, 6.07) is 0. The van der Waals surface area contributed by atoms with Crippen molar-refractivity contribution in [2.75, 3.05) is 0 Å². The maximum absolute atomic E-state index is 9.74. The molecule has 0 amide bonds. The molecule has 1 aliphatic rings. The summed E-state index contributed by atoms with van der Waals surface area (Å²) >= 11 is 1.65. The van der Waals surface area contributed by atoms with Crippen LogP contribution in [0.3, 0.4) is 0 Å². The van der Waals surface area contributed by atoms with E-state index in [1.54, 1.807) is 11.3 Å². The van der Waals surface area contributed by atoms with Gasteiger partial charge < -0.3 is 5.11 Å². The Labute approximate surface area is 76.3 Å². The zero-order chi connectivity index (χ0) is 8.77. The van der Waals surface area contributed by atoms with Gasteiger partial charge in [-0.05, 0) is 12.8 Å². The van der Waals surface area contributed by atoms with Gasteiger partial charge in [-0.15, -0.1) is 11.3 Å². The monoisotopic (exact) mass is 183 g/mol. The van der Waals surface area contributed by atoms with E-state index in [0.717, 1.165) is 23.5 Å². The van der Waals surface area contributed by atoms with Gasteiger partial charge in [-0.2, -0.15) is 0 Å². The number of nitrogens with zero attached hydrogens (tertiary/aromatic N) is 1. The van der Waals surface area contributed by atoms with Crippen LogP contribution in [0, 0.1) is 0 Å². The molecule has 0 spiro atoms. The van der Waals surface area contributed by atoms with Gasteiger partial charge in [-0.25, -0.2) is 4.98 Å². The molecular formula is C9H13NOS. The molecule has 0 aliphatic heterocycles. The van der Waals surface area contributed by atoms with Gasteiger partial charge in [-0.1, -0.05) is 13.8 Å². The van der Waals surface area contributed by atoms with Crippen molar-refractivity contribution in [2.24, 2.45) is 0 Å². The Morgan fingerprint density at radius 3 is 2.67 bits per heavy atom. The van der Waals surface area contributed by atoms with Crippen LogP contribution in [0.15, 0.2) is 5.38 Å². The Kier molecular flexibility index (Phi) is 1.73. The molecule has 1 aromatic heterocycles. The van der Waals surface area contributed by atoms with Crippen LogP contribution in [0.25, 0.3) is 0 Å². The Bertz CT molecular complexity index is 288. The Balaban J connectivity index is 2.25. The van der Waals surface area contributed by atoms with Crippen LogP contribution in [0.2, 0.25) is 0 Å². The van der Waals surface area contributed by atoms with Gasteiger partial charge in [0.2, 0.25) is 0 Å². The third-order valence-electron chi connectivity index (χ3n) is 2.22. The number of hydrogen-bond acceptors (Lipinski definition) is 3. The highest BCUT2D eigenvalue weighted by Crippen LogP contribution is 2.45. The molecule has 0 aromatic carbocycles. The van der Waals surface area contributed by atoms with Crippen LogP contribution in [0.1, 0.15) is 43.3 Å². The summed E-state index contributed by atoms with van der Waals surface area (Å²) in [7, 11) is 0. The molecule has 1 fully saturated rings. The molecular weight excluding hydrogens is 170 g/mol. The molecule has 2 nitrogen and oxygen atoms in total. The average Bonchev–Trinajstić information content (AvgIpc) is 2.61. The molecule has 2 rings (SSSR count). The lowest BCUT2D eigenvalue weighted by Gasteiger charge is -2.01. The van der Waals surface area contributed by atoms with Gasteiger partial charge in [0.25, 0.3) is 0 Å². The van der Waals surface area contributed by atoms with Gasteiger partial charge in [0.1, 0.15) is 5.60 Å². The van der Waals surface area contributed by atoms with Crippen LogP contribution in [0.5, 0.6) is 0 Å². The maximum Gasteiger partial charge on any atom is 0.108 e. The second kappa shape index (κ2) is 2.54. The zero-order valence-corrected chi connectivity index (χ0v) is 8.19. The van der Waals surface area contributed by atoms with Crippen molar-refractivity contribution in [3.8, 4) is 0 Å². The minimum atomic E-state index is -0.552. The fourth-order valence-electron chi connectivity index (χ4n) is 1.14. The first-order valence-electron chi connectivity index (χ1n) is 4.30. The van der Waals surface area contributed by atoms with Gasteiger partial charge in [0.05, 0.1) is 10.7 Å². The molecule has 1 heterocycles. The van der Waals surface area contributed by atoms with E-state index in [0.29, 0.717) is 5.92 Å². The molecule has 0 bridgehead atoms. The Morgan fingerprint density at radius 1 is 1.58 bits per heavy atom. The second-order valence-electron chi connectivity index (χ2n) is 3.76. The molecule has 1 aliphatic carbocycles. The summed E-state index contributed by atoms with van der Waals surface area (Å²) in [6.07, 6.45) is 1.77. The lowest BCUT2D eigenvalue weighted by atomic mass is 10.2. The quantitative estimate of drug-likeness (QED) is 0.762. The largest absolute Gasteiger partial charge is 0.384 e. The van der Waals surface area contributed by atoms with Crippen molar-refractivity contribution in [2.45, 2.75) is 38.2 Å². The molecule has 66 valence electrons. The summed E-state index contributed by atoms with van der Waals surface area (Å²) in [5.41, 5.74) is 0.333. The first-order chi connectivity index (χ1) is 5.62. The van der Waals surface area contributed by atoms with E-state index < -0.39 is 5.60 Å². The third kappa shape index (κ3) is 1.27. The Hall–Kier alpha value is -0.410. The molecule has 12 heavy (non-hydrogen) atoms. The summed E-state index contributed by atoms with van der Waals surface area (Å²) in [6.45, 7) is 4.25. The summed E-state index contributed by atoms with van der Waals surface area (Å²) in [4.78, 5) is 4.41. The number of thiazole rings is 1. The number of aromatic nitrogens is 1. The van der Waals surface area contributed by atoms with Crippen molar-refractivity contribution in [1.29, 1.82) is 0 Å². The summed E-state index contributed by atoms with van der Waals surface area (Å²) in [5.74, 6) is 0.478. The molecule has 0 atom stereocenters. The highest BCUT2D eigenvalue weighted by atomic mass is 32.1. The van der Waals surface area contributed by atoms with Crippen molar-refractivity contribution < 1.29 is 5.11 Å². The Morgan fingerprint density at radius 2 is 2.25 bits per heavy atom. The number of rotatable bonds is 2. The van der Waals surface area contributed by atoms with E-state index in [-0.39, 0.29) is 0 Å². The highest BCUT2D eigenvalue weighted by Gasteiger charge is 2.44. The van der Waals surface area contributed by atoms with Gasteiger partial charge in [-0.3, -0.25) is 0 Å². The van der Waals surface area contributed by atoms with Crippen molar-refractivity contribution in [3.05, 3.63) is 16.1 Å². The summed E-state index contributed by atoms with van der Waals surface area (Å²) < 4.78 is 0. The normalized spacial score (nSPS) is 20.0. The standard InChI is InChI=1S/C9H13NOS/c1-6(2)8-10-7(5-12-8)9(11)3-4-9/h5-6,11H,3-4H2,1-2H3. The van der Waals surface area contributed by atoms with Crippen LogP contribution in [-0.4, -0.2) is 10.1 Å². The van der Waals surface area contributed by atoms with E-state index in [1.165, 1.54) is 0 Å². The number of aliphatic hydroxyl groups is 1. The lowest BCUT2D eigenvalue weighted by molar-refractivity contribution is 0.147. The first kappa shape index (κ1) is 8.20. The van der Waals surface area contributed by atoms with E-state index in [9.17, 15) is 5.11 Å². The van der Waals surface area contributed by atoms with Gasteiger partial charge in [0, 0.05) is 11.3 Å². The van der Waals surface area contributed by atoms with Gasteiger partial charge in [0.15, 0.2) is 0 Å². The molecule has 1 saturated carbocycles. The van der Waals surface area contributed by atoms with E-state index in [4.69, 9.17) is 0 Å². The van der Waals surface area contributed by atoms with E-state index >= 15 is 0 Å². The predicted molar refractivity (Wildman–Crippen MR) is 49.3 cm³/mol. The SMILES string of the molecule is CC(C)c1nc(C2(O)CC2)cs1. The molecule has 0 radical (unpaired) electrons. The minimum Gasteiger partial charge on any atom is -0.384 e. The first-order valence-corrected chi connectivity index (χ1v) is 5.18. The van der Waals surface area contributed by atoms with Crippen LogP contribution in [-0.2, 0) is 5.60 Å². The van der Waals surface area contributed by atoms with E-state index in [2.05, 4.69) is 18.8 Å². The minimum absolute atomic E-state index is 0.478. The average molecular weight is 183 g/mol. The van der Waals surface area contributed by atoms with Crippen molar-refractivity contribution >= 4 is 11.3 Å². The van der Waals surface area contributed by atoms with Crippen molar-refractivity contribution in [1.82, 2.24) is 4.98 Å². The molecule has 1 aromatic rings. The molecule has 0 unspecified atom stereocenters. The van der Waals surface area contributed by atoms with Crippen LogP contribution < -0.4 is 0 Å². The highest BCUT2D eigenvalue weighted by molar-refractivity contribution is 7.09. The maximum atomic E-state index is 9.74. The smallest absolute Gasteiger partial charge is 0.108 e. The lowest BCUT2D eigenvalue weighted by Crippen LogP contribution is -2.04. The fourth-order valence-corrected chi connectivity index (χ4v) is 2.07. The van der Waals surface area contributed by atoms with Crippen molar-refractivity contribution in [3.63, 3.8) is 0 Å². The number of hydrogen-bond donors (Lipinski definition) is 1. The molecule has 0 saturated heterocycles. The van der Waals surface area contributed by atoms with Crippen LogP contribution in [0.4, 0.5) is 0 Å².